The van der Waals surface area contributed by atoms with Gasteiger partial charge in [-0.25, -0.2) is 0 Å². The fraction of sp³-hybridized carbons (Fsp3) is 0. The Labute approximate surface area is 267 Å². The molecule has 0 atom stereocenters. The van der Waals surface area contributed by atoms with Crippen LogP contribution in [0.4, 0.5) is 17.1 Å². The zero-order valence-corrected chi connectivity index (χ0v) is 25.1. The topological polar surface area (TPSA) is 16.4 Å². The SMILES string of the molecule is c1ccc(-c2ccc(N(c3ccccc3)c3ccc4cc(-c5ccc6oc7ccccc7c6c5)c5ccccc5c4c3)cc2)cc1. The second-order valence-electron chi connectivity index (χ2n) is 11.8. The molecular weight excluding hydrogens is 558 g/mol. The Bertz CT molecular complexity index is 2510. The van der Waals surface area contributed by atoms with Gasteiger partial charge in [0, 0.05) is 27.8 Å². The molecule has 0 aliphatic carbocycles. The van der Waals surface area contributed by atoms with Crippen LogP contribution in [0.15, 0.2) is 180 Å². The lowest BCUT2D eigenvalue weighted by Gasteiger charge is -2.26. The Hall–Kier alpha value is -6.12. The molecule has 216 valence electrons. The molecule has 0 bridgehead atoms. The van der Waals surface area contributed by atoms with E-state index >= 15 is 0 Å². The van der Waals surface area contributed by atoms with Crippen molar-refractivity contribution in [1.29, 1.82) is 0 Å². The minimum Gasteiger partial charge on any atom is -0.456 e. The highest BCUT2D eigenvalue weighted by atomic mass is 16.3. The lowest BCUT2D eigenvalue weighted by Crippen LogP contribution is -2.09. The molecule has 46 heavy (non-hydrogen) atoms. The van der Waals surface area contributed by atoms with E-state index in [1.165, 1.54) is 43.8 Å². The molecule has 0 saturated heterocycles. The lowest BCUT2D eigenvalue weighted by molar-refractivity contribution is 0.669. The van der Waals surface area contributed by atoms with Gasteiger partial charge in [0.1, 0.15) is 11.2 Å². The molecule has 2 heteroatoms. The summed E-state index contributed by atoms with van der Waals surface area (Å²) in [5.74, 6) is 0. The molecule has 0 N–H and O–H groups in total. The second-order valence-corrected chi connectivity index (χ2v) is 11.8. The van der Waals surface area contributed by atoms with Crippen LogP contribution in [-0.4, -0.2) is 0 Å². The maximum atomic E-state index is 6.13. The molecule has 1 aromatic heterocycles. The third-order valence-corrected chi connectivity index (χ3v) is 9.04. The normalized spacial score (nSPS) is 11.5. The van der Waals surface area contributed by atoms with Gasteiger partial charge in [0.05, 0.1) is 0 Å². The van der Waals surface area contributed by atoms with Gasteiger partial charge in [0.15, 0.2) is 0 Å². The predicted molar refractivity (Wildman–Crippen MR) is 194 cm³/mol. The minimum absolute atomic E-state index is 0.914. The highest BCUT2D eigenvalue weighted by molar-refractivity contribution is 6.16. The Kier molecular flexibility index (Phi) is 6.17. The first-order valence-corrected chi connectivity index (χ1v) is 15.7. The van der Waals surface area contributed by atoms with Crippen molar-refractivity contribution in [2.75, 3.05) is 4.90 Å². The van der Waals surface area contributed by atoms with Crippen LogP contribution in [0.3, 0.4) is 0 Å². The third-order valence-electron chi connectivity index (χ3n) is 9.04. The summed E-state index contributed by atoms with van der Waals surface area (Å²) in [6.45, 7) is 0. The van der Waals surface area contributed by atoms with E-state index in [1.54, 1.807) is 0 Å². The molecule has 9 aromatic rings. The van der Waals surface area contributed by atoms with Gasteiger partial charge >= 0.3 is 0 Å². The number of rotatable bonds is 5. The summed E-state index contributed by atoms with van der Waals surface area (Å²) in [7, 11) is 0. The van der Waals surface area contributed by atoms with Crippen molar-refractivity contribution < 1.29 is 4.42 Å². The molecule has 0 spiro atoms. The van der Waals surface area contributed by atoms with Gasteiger partial charge in [-0.15, -0.1) is 0 Å². The van der Waals surface area contributed by atoms with E-state index in [9.17, 15) is 0 Å². The van der Waals surface area contributed by atoms with Crippen LogP contribution < -0.4 is 4.90 Å². The highest BCUT2D eigenvalue weighted by Crippen LogP contribution is 2.41. The molecule has 0 radical (unpaired) electrons. The van der Waals surface area contributed by atoms with E-state index in [-0.39, 0.29) is 0 Å². The van der Waals surface area contributed by atoms with Crippen molar-refractivity contribution in [3.63, 3.8) is 0 Å². The summed E-state index contributed by atoms with van der Waals surface area (Å²) in [6, 6.07) is 62.8. The van der Waals surface area contributed by atoms with Crippen molar-refractivity contribution >= 4 is 60.5 Å². The van der Waals surface area contributed by atoms with Gasteiger partial charge in [-0.2, -0.15) is 0 Å². The maximum Gasteiger partial charge on any atom is 0.135 e. The number of hydrogen-bond acceptors (Lipinski definition) is 2. The summed E-state index contributed by atoms with van der Waals surface area (Å²) >= 11 is 0. The standard InChI is InChI=1S/C44H29NO/c1-3-11-30(12-4-1)31-19-23-35(24-20-31)45(34-13-5-2-6-14-34)36-25-21-32-27-40(37-15-7-8-16-38(37)41(32)29-36)33-22-26-44-42(28-33)39-17-9-10-18-43(39)46-44/h1-29H. The molecule has 0 aliphatic heterocycles. The first-order valence-electron chi connectivity index (χ1n) is 15.7. The summed E-state index contributed by atoms with van der Waals surface area (Å²) < 4.78 is 6.13. The fourth-order valence-electron chi connectivity index (χ4n) is 6.82. The fourth-order valence-corrected chi connectivity index (χ4v) is 6.82. The van der Waals surface area contributed by atoms with Crippen molar-refractivity contribution in [2.45, 2.75) is 0 Å². The van der Waals surface area contributed by atoms with E-state index in [0.29, 0.717) is 0 Å². The highest BCUT2D eigenvalue weighted by Gasteiger charge is 2.16. The first kappa shape index (κ1) is 26.3. The summed E-state index contributed by atoms with van der Waals surface area (Å²) in [5.41, 5.74) is 10.0. The number of anilines is 3. The van der Waals surface area contributed by atoms with Crippen LogP contribution in [-0.2, 0) is 0 Å². The molecule has 0 aliphatic rings. The number of furan rings is 1. The van der Waals surface area contributed by atoms with Crippen molar-refractivity contribution in [2.24, 2.45) is 0 Å². The van der Waals surface area contributed by atoms with Crippen LogP contribution in [0.5, 0.6) is 0 Å². The first-order chi connectivity index (χ1) is 22.8. The van der Waals surface area contributed by atoms with Crippen LogP contribution >= 0.6 is 0 Å². The number of benzene rings is 8. The quantitative estimate of drug-likeness (QED) is 0.186. The molecule has 0 amide bonds. The average molecular weight is 588 g/mol. The smallest absolute Gasteiger partial charge is 0.135 e. The van der Waals surface area contributed by atoms with E-state index in [4.69, 9.17) is 4.42 Å². The molecule has 0 saturated carbocycles. The van der Waals surface area contributed by atoms with Gasteiger partial charge in [-0.3, -0.25) is 0 Å². The molecular formula is C44H29NO. The van der Waals surface area contributed by atoms with Crippen LogP contribution in [0.1, 0.15) is 0 Å². The molecule has 0 fully saturated rings. The van der Waals surface area contributed by atoms with E-state index in [1.807, 2.05) is 12.1 Å². The number of fused-ring (bicyclic) bond motifs is 6. The van der Waals surface area contributed by atoms with E-state index in [0.717, 1.165) is 39.0 Å². The number of para-hydroxylation sites is 2. The zero-order valence-electron chi connectivity index (χ0n) is 25.1. The summed E-state index contributed by atoms with van der Waals surface area (Å²) in [6.07, 6.45) is 0. The molecule has 1 heterocycles. The minimum atomic E-state index is 0.914. The number of hydrogen-bond donors (Lipinski definition) is 0. The summed E-state index contributed by atoms with van der Waals surface area (Å²) in [5, 5.41) is 7.20. The van der Waals surface area contributed by atoms with Gasteiger partial charge in [-0.05, 0) is 104 Å². The maximum absolute atomic E-state index is 6.13. The van der Waals surface area contributed by atoms with Crippen molar-refractivity contribution in [1.82, 2.24) is 0 Å². The summed E-state index contributed by atoms with van der Waals surface area (Å²) in [4.78, 5) is 2.34. The Balaban J connectivity index is 1.20. The Morgan fingerprint density at radius 1 is 0.326 bits per heavy atom. The molecule has 2 nitrogen and oxygen atoms in total. The largest absolute Gasteiger partial charge is 0.456 e. The van der Waals surface area contributed by atoms with Crippen LogP contribution in [0.2, 0.25) is 0 Å². The van der Waals surface area contributed by atoms with Gasteiger partial charge in [0.2, 0.25) is 0 Å². The van der Waals surface area contributed by atoms with Gasteiger partial charge < -0.3 is 9.32 Å². The van der Waals surface area contributed by atoms with E-state index in [2.05, 4.69) is 169 Å². The predicted octanol–water partition coefficient (Wildman–Crippen LogP) is 12.7. The Morgan fingerprint density at radius 2 is 0.913 bits per heavy atom. The van der Waals surface area contributed by atoms with Crippen molar-refractivity contribution in [3.05, 3.63) is 176 Å². The molecule has 9 rings (SSSR count). The zero-order chi connectivity index (χ0) is 30.5. The second kappa shape index (κ2) is 10.8. The van der Waals surface area contributed by atoms with Crippen LogP contribution in [0, 0.1) is 0 Å². The monoisotopic (exact) mass is 587 g/mol. The third kappa shape index (κ3) is 4.43. The molecule has 8 aromatic carbocycles. The molecule has 0 unspecified atom stereocenters. The van der Waals surface area contributed by atoms with Gasteiger partial charge in [0.25, 0.3) is 0 Å². The Morgan fingerprint density at radius 3 is 1.72 bits per heavy atom. The van der Waals surface area contributed by atoms with E-state index < -0.39 is 0 Å². The van der Waals surface area contributed by atoms with Gasteiger partial charge in [-0.1, -0.05) is 115 Å². The van der Waals surface area contributed by atoms with Crippen LogP contribution in [0.25, 0.3) is 65.7 Å². The average Bonchev–Trinajstić information content (AvgIpc) is 3.51. The number of nitrogens with zero attached hydrogens (tertiary/aromatic N) is 1. The van der Waals surface area contributed by atoms with Crippen molar-refractivity contribution in [3.8, 4) is 22.3 Å². The lowest BCUT2D eigenvalue weighted by atomic mass is 9.92.